The van der Waals surface area contributed by atoms with E-state index in [0.29, 0.717) is 17.9 Å². The van der Waals surface area contributed by atoms with Crippen LogP contribution in [0, 0.1) is 11.3 Å². The smallest absolute Gasteiger partial charge is 0.0476 e. The average Bonchev–Trinajstić information content (AvgIpc) is 3.12. The van der Waals surface area contributed by atoms with Gasteiger partial charge in [-0.3, -0.25) is 4.90 Å². The molecule has 1 aromatic heterocycles. The van der Waals surface area contributed by atoms with Crippen molar-refractivity contribution < 1.29 is 5.11 Å². The maximum absolute atomic E-state index is 10.1. The highest BCUT2D eigenvalue weighted by Gasteiger charge is 2.44. The lowest BCUT2D eigenvalue weighted by Gasteiger charge is -2.51. The van der Waals surface area contributed by atoms with Crippen molar-refractivity contribution in [2.45, 2.75) is 32.2 Å². The lowest BCUT2D eigenvalue weighted by molar-refractivity contribution is -0.0435. The predicted octanol–water partition coefficient (Wildman–Crippen LogP) is 3.40. The highest BCUT2D eigenvalue weighted by molar-refractivity contribution is 7.98. The van der Waals surface area contributed by atoms with Gasteiger partial charge in [0.15, 0.2) is 0 Å². The van der Waals surface area contributed by atoms with Gasteiger partial charge in [-0.2, -0.15) is 23.1 Å². The topological polar surface area (TPSA) is 26.7 Å². The standard InChI is InChI=1S/C19H32N2OS2/c1-23-11-2-7-20-8-4-19(5-9-20)6-10-21(14-18(19)15-22)13-17-3-12-24-16-17/h3,12,16,18,22H,2,4-11,13-15H2,1H3/t18-/m0/s1. The zero-order chi connectivity index (χ0) is 16.8. The molecule has 0 bridgehead atoms. The molecule has 0 aliphatic carbocycles. The minimum atomic E-state index is 0.354. The Labute approximate surface area is 155 Å². The van der Waals surface area contributed by atoms with Gasteiger partial charge in [0.05, 0.1) is 0 Å². The van der Waals surface area contributed by atoms with Crippen LogP contribution in [0.4, 0.5) is 0 Å². The third-order valence-electron chi connectivity index (χ3n) is 6.15. The lowest BCUT2D eigenvalue weighted by atomic mass is 9.64. The number of nitrogens with zero attached hydrogens (tertiary/aromatic N) is 2. The van der Waals surface area contributed by atoms with Crippen LogP contribution in [0.15, 0.2) is 16.8 Å². The van der Waals surface area contributed by atoms with Crippen LogP contribution >= 0.6 is 23.1 Å². The highest BCUT2D eigenvalue weighted by Crippen LogP contribution is 2.45. The summed E-state index contributed by atoms with van der Waals surface area (Å²) in [7, 11) is 0. The van der Waals surface area contributed by atoms with E-state index in [1.807, 2.05) is 11.8 Å². The first-order valence-corrected chi connectivity index (χ1v) is 11.6. The zero-order valence-electron chi connectivity index (χ0n) is 15.0. The van der Waals surface area contributed by atoms with Gasteiger partial charge in [0.25, 0.3) is 0 Å². The first-order chi connectivity index (χ1) is 11.8. The van der Waals surface area contributed by atoms with E-state index < -0.39 is 0 Å². The molecule has 0 unspecified atom stereocenters. The molecule has 2 fully saturated rings. The van der Waals surface area contributed by atoms with E-state index in [-0.39, 0.29) is 0 Å². The summed E-state index contributed by atoms with van der Waals surface area (Å²) < 4.78 is 0. The van der Waals surface area contributed by atoms with Gasteiger partial charge in [0.2, 0.25) is 0 Å². The molecule has 2 aliphatic rings. The number of aliphatic hydroxyl groups excluding tert-OH is 1. The third kappa shape index (κ3) is 4.55. The van der Waals surface area contributed by atoms with Crippen LogP contribution in [-0.4, -0.2) is 66.2 Å². The summed E-state index contributed by atoms with van der Waals surface area (Å²) in [4.78, 5) is 5.20. The summed E-state index contributed by atoms with van der Waals surface area (Å²) in [5.41, 5.74) is 1.83. The molecule has 1 spiro atoms. The molecule has 1 aromatic rings. The third-order valence-corrected chi connectivity index (χ3v) is 7.58. The van der Waals surface area contributed by atoms with Gasteiger partial charge < -0.3 is 10.0 Å². The van der Waals surface area contributed by atoms with Crippen LogP contribution in [0.3, 0.4) is 0 Å². The van der Waals surface area contributed by atoms with Gasteiger partial charge in [-0.25, -0.2) is 0 Å². The van der Waals surface area contributed by atoms with Crippen molar-refractivity contribution in [3.8, 4) is 0 Å². The molecule has 2 saturated heterocycles. The fraction of sp³-hybridized carbons (Fsp3) is 0.789. The van der Waals surface area contributed by atoms with Gasteiger partial charge >= 0.3 is 0 Å². The van der Waals surface area contributed by atoms with E-state index in [4.69, 9.17) is 0 Å². The Morgan fingerprint density at radius 1 is 1.25 bits per heavy atom. The van der Waals surface area contributed by atoms with Gasteiger partial charge in [-0.15, -0.1) is 0 Å². The van der Waals surface area contributed by atoms with E-state index >= 15 is 0 Å². The minimum Gasteiger partial charge on any atom is -0.396 e. The van der Waals surface area contributed by atoms with Gasteiger partial charge in [0, 0.05) is 25.6 Å². The molecule has 0 aromatic carbocycles. The van der Waals surface area contributed by atoms with E-state index in [1.54, 1.807) is 11.3 Å². The number of aliphatic hydroxyl groups is 1. The molecule has 1 N–H and O–H groups in total. The maximum Gasteiger partial charge on any atom is 0.0476 e. The van der Waals surface area contributed by atoms with Gasteiger partial charge in [-0.05, 0) is 91.7 Å². The zero-order valence-corrected chi connectivity index (χ0v) is 16.6. The second kappa shape index (κ2) is 9.04. The second-order valence-electron chi connectivity index (χ2n) is 7.55. The van der Waals surface area contributed by atoms with E-state index in [0.717, 1.165) is 13.1 Å². The summed E-state index contributed by atoms with van der Waals surface area (Å²) in [6.45, 7) is 7.39. The van der Waals surface area contributed by atoms with Crippen LogP contribution in [0.1, 0.15) is 31.2 Å². The monoisotopic (exact) mass is 368 g/mol. The quantitative estimate of drug-likeness (QED) is 0.746. The molecule has 24 heavy (non-hydrogen) atoms. The Kier molecular flexibility index (Phi) is 7.05. The maximum atomic E-state index is 10.1. The Balaban J connectivity index is 1.51. The van der Waals surface area contributed by atoms with Crippen molar-refractivity contribution >= 4 is 23.1 Å². The SMILES string of the molecule is CSCCCN1CCC2(CC1)CCN(Cc1ccsc1)C[C@H]2CO. The van der Waals surface area contributed by atoms with Crippen LogP contribution in [0.25, 0.3) is 0 Å². The molecule has 136 valence electrons. The number of likely N-dealkylation sites (tertiary alicyclic amines) is 2. The molecule has 3 heterocycles. The van der Waals surface area contributed by atoms with Crippen molar-refractivity contribution in [1.82, 2.24) is 9.80 Å². The fourth-order valence-electron chi connectivity index (χ4n) is 4.53. The van der Waals surface area contributed by atoms with Crippen LogP contribution in [-0.2, 0) is 6.54 Å². The summed E-state index contributed by atoms with van der Waals surface area (Å²) in [6.07, 6.45) is 7.33. The van der Waals surface area contributed by atoms with Crippen molar-refractivity contribution in [2.75, 3.05) is 51.3 Å². The summed E-state index contributed by atoms with van der Waals surface area (Å²) in [5, 5.41) is 14.5. The van der Waals surface area contributed by atoms with Crippen molar-refractivity contribution in [3.05, 3.63) is 22.4 Å². The number of thiophene rings is 1. The molecule has 0 radical (unpaired) electrons. The van der Waals surface area contributed by atoms with E-state index in [9.17, 15) is 5.11 Å². The largest absolute Gasteiger partial charge is 0.396 e. The van der Waals surface area contributed by atoms with Crippen LogP contribution in [0.2, 0.25) is 0 Å². The lowest BCUT2D eigenvalue weighted by Crippen LogP contribution is -2.53. The van der Waals surface area contributed by atoms with Crippen molar-refractivity contribution in [2.24, 2.45) is 11.3 Å². The Morgan fingerprint density at radius 3 is 2.62 bits per heavy atom. The number of rotatable bonds is 7. The molecule has 3 nitrogen and oxygen atoms in total. The Hall–Kier alpha value is -0.0700. The van der Waals surface area contributed by atoms with Crippen LogP contribution in [0.5, 0.6) is 0 Å². The molecule has 1 atom stereocenters. The first kappa shape index (κ1) is 18.7. The number of hydrogen-bond acceptors (Lipinski definition) is 5. The number of hydrogen-bond donors (Lipinski definition) is 1. The summed E-state index contributed by atoms with van der Waals surface area (Å²) in [6, 6.07) is 2.23. The van der Waals surface area contributed by atoms with Gasteiger partial charge in [-0.1, -0.05) is 0 Å². The molecular formula is C19H32N2OS2. The molecule has 5 heteroatoms. The van der Waals surface area contributed by atoms with Crippen molar-refractivity contribution in [3.63, 3.8) is 0 Å². The molecule has 3 rings (SSSR count). The molecular weight excluding hydrogens is 336 g/mol. The highest BCUT2D eigenvalue weighted by atomic mass is 32.2. The van der Waals surface area contributed by atoms with E-state index in [2.05, 4.69) is 32.9 Å². The summed E-state index contributed by atoms with van der Waals surface area (Å²) in [5.74, 6) is 1.73. The molecule has 0 amide bonds. The number of thioether (sulfide) groups is 1. The van der Waals surface area contributed by atoms with E-state index in [1.165, 1.54) is 63.2 Å². The van der Waals surface area contributed by atoms with Crippen molar-refractivity contribution in [1.29, 1.82) is 0 Å². The Morgan fingerprint density at radius 2 is 2.00 bits per heavy atom. The van der Waals surface area contributed by atoms with Crippen LogP contribution < -0.4 is 0 Å². The Bertz CT molecular complexity index is 472. The fourth-order valence-corrected chi connectivity index (χ4v) is 5.61. The summed E-state index contributed by atoms with van der Waals surface area (Å²) >= 11 is 3.73. The molecule has 2 aliphatic heterocycles. The predicted molar refractivity (Wildman–Crippen MR) is 106 cm³/mol. The first-order valence-electron chi connectivity index (χ1n) is 9.31. The van der Waals surface area contributed by atoms with Gasteiger partial charge in [0.1, 0.15) is 0 Å². The normalized spacial score (nSPS) is 25.3. The second-order valence-corrected chi connectivity index (χ2v) is 9.31. The molecule has 0 saturated carbocycles. The average molecular weight is 369 g/mol. The minimum absolute atomic E-state index is 0.354. The number of piperidine rings is 2.